The van der Waals surface area contributed by atoms with Crippen molar-refractivity contribution in [1.82, 2.24) is 9.80 Å². The van der Waals surface area contributed by atoms with E-state index in [0.29, 0.717) is 5.70 Å². The molecule has 0 saturated carbocycles. The number of rotatable bonds is 1. The lowest BCUT2D eigenvalue weighted by Crippen LogP contribution is -2.18. The Labute approximate surface area is 70.6 Å². The quantitative estimate of drug-likeness (QED) is 0.416. The second-order valence-electron chi connectivity index (χ2n) is 2.27. The van der Waals surface area contributed by atoms with Crippen LogP contribution in [0.5, 0.6) is 0 Å². The first-order valence-corrected chi connectivity index (χ1v) is 3.50. The first-order valence-electron chi connectivity index (χ1n) is 3.09. The highest BCUT2D eigenvalue weighted by molar-refractivity contribution is 7.78. The van der Waals surface area contributed by atoms with Crippen LogP contribution in [0.15, 0.2) is 17.7 Å². The normalized spacial score (nSPS) is 16.5. The van der Waals surface area contributed by atoms with Gasteiger partial charge in [0, 0.05) is 20.3 Å². The second-order valence-corrected chi connectivity index (χ2v) is 2.47. The fraction of sp³-hybridized carbons (Fsp3) is 0.286. The van der Waals surface area contributed by atoms with Gasteiger partial charge in [0.05, 0.1) is 5.70 Å². The third-order valence-corrected chi connectivity index (χ3v) is 1.76. The molecule has 0 amide bonds. The van der Waals surface area contributed by atoms with E-state index in [4.69, 9.17) is 0 Å². The molecule has 0 unspecified atom stereocenters. The summed E-state index contributed by atoms with van der Waals surface area (Å²) in [5, 5.41) is 2.57. The van der Waals surface area contributed by atoms with Crippen molar-refractivity contribution < 1.29 is 4.79 Å². The van der Waals surface area contributed by atoms with Gasteiger partial charge in [0.1, 0.15) is 0 Å². The van der Waals surface area contributed by atoms with Crippen molar-refractivity contribution in [2.24, 2.45) is 0 Å². The molecule has 1 heterocycles. The summed E-state index contributed by atoms with van der Waals surface area (Å²) < 4.78 is 0. The van der Waals surface area contributed by atoms with E-state index in [1.54, 1.807) is 23.0 Å². The number of thiocarbonyl (C=S) groups is 1. The fourth-order valence-corrected chi connectivity index (χ4v) is 1.24. The topological polar surface area (TPSA) is 23.6 Å². The molecule has 3 nitrogen and oxygen atoms in total. The molecule has 0 atom stereocenters. The minimum atomic E-state index is 0.597. The Balaban J connectivity index is 3.01. The van der Waals surface area contributed by atoms with Crippen molar-refractivity contribution in [3.05, 3.63) is 17.7 Å². The van der Waals surface area contributed by atoms with Crippen molar-refractivity contribution >= 4 is 23.5 Å². The maximum atomic E-state index is 10.4. The molecule has 4 heteroatoms. The molecule has 1 aliphatic heterocycles. The molecule has 0 spiro atoms. The van der Waals surface area contributed by atoms with Crippen molar-refractivity contribution in [1.29, 1.82) is 0 Å². The molecule has 0 saturated heterocycles. The summed E-state index contributed by atoms with van der Waals surface area (Å²) in [6.07, 6.45) is 2.50. The van der Waals surface area contributed by atoms with Crippen LogP contribution in [0.25, 0.3) is 0 Å². The highest BCUT2D eigenvalue weighted by atomic mass is 32.1. The molecule has 0 aromatic heterocycles. The van der Waals surface area contributed by atoms with Crippen LogP contribution in [0, 0.1) is 0 Å². The molecule has 0 bridgehead atoms. The Morgan fingerprint density at radius 3 is 2.55 bits per heavy atom. The van der Waals surface area contributed by atoms with Crippen molar-refractivity contribution in [2.45, 2.75) is 0 Å². The number of carbonyl (C=O) groups is 1. The van der Waals surface area contributed by atoms with Gasteiger partial charge in [-0.3, -0.25) is 4.79 Å². The van der Waals surface area contributed by atoms with Crippen LogP contribution in [0.4, 0.5) is 0 Å². The predicted molar refractivity (Wildman–Crippen MR) is 45.8 cm³/mol. The van der Waals surface area contributed by atoms with E-state index in [1.165, 1.54) is 0 Å². The van der Waals surface area contributed by atoms with Gasteiger partial charge in [0.25, 0.3) is 0 Å². The Morgan fingerprint density at radius 1 is 1.64 bits per heavy atom. The fourth-order valence-electron chi connectivity index (χ4n) is 0.955. The van der Waals surface area contributed by atoms with E-state index in [9.17, 15) is 4.79 Å². The van der Waals surface area contributed by atoms with E-state index >= 15 is 0 Å². The van der Waals surface area contributed by atoms with Crippen LogP contribution >= 0.6 is 12.2 Å². The standard InChI is InChI=1S/C7H8N2OS/c1-8-3-6(4-10)9(2)7(8)5-11/h3-4H,1-2H3. The summed E-state index contributed by atoms with van der Waals surface area (Å²) in [4.78, 5) is 13.9. The zero-order valence-corrected chi connectivity index (χ0v) is 7.18. The van der Waals surface area contributed by atoms with E-state index in [0.717, 1.165) is 12.1 Å². The van der Waals surface area contributed by atoms with Crippen LogP contribution in [0.1, 0.15) is 0 Å². The predicted octanol–water partition coefficient (Wildman–Crippen LogP) is 0.344. The van der Waals surface area contributed by atoms with Gasteiger partial charge >= 0.3 is 0 Å². The van der Waals surface area contributed by atoms with Gasteiger partial charge in [-0.15, -0.1) is 0 Å². The number of carbonyl (C=O) groups excluding carboxylic acids is 1. The number of aldehydes is 1. The Bertz CT molecular complexity index is 266. The average molecular weight is 168 g/mol. The smallest absolute Gasteiger partial charge is 0.169 e. The number of hydrogen-bond donors (Lipinski definition) is 0. The minimum absolute atomic E-state index is 0.597. The maximum absolute atomic E-state index is 10.4. The first-order chi connectivity index (χ1) is 5.20. The van der Waals surface area contributed by atoms with Gasteiger partial charge in [-0.05, 0) is 17.2 Å². The average Bonchev–Trinajstić information content (AvgIpc) is 2.26. The molecule has 58 valence electrons. The van der Waals surface area contributed by atoms with Crippen LogP contribution < -0.4 is 0 Å². The number of nitrogens with zero attached hydrogens (tertiary/aromatic N) is 2. The van der Waals surface area contributed by atoms with E-state index < -0.39 is 0 Å². The molecule has 1 rings (SSSR count). The van der Waals surface area contributed by atoms with Crippen molar-refractivity contribution in [2.75, 3.05) is 14.1 Å². The van der Waals surface area contributed by atoms with E-state index in [1.807, 2.05) is 7.05 Å². The van der Waals surface area contributed by atoms with Crippen molar-refractivity contribution in [3.8, 4) is 0 Å². The second kappa shape index (κ2) is 2.86. The molecule has 0 fully saturated rings. The zero-order valence-electron chi connectivity index (χ0n) is 6.37. The van der Waals surface area contributed by atoms with Gasteiger partial charge in [0.2, 0.25) is 0 Å². The number of allylic oxidation sites excluding steroid dienone is 1. The molecule has 1 aliphatic rings. The van der Waals surface area contributed by atoms with Crippen molar-refractivity contribution in [3.63, 3.8) is 0 Å². The van der Waals surface area contributed by atoms with Gasteiger partial charge in [-0.1, -0.05) is 0 Å². The molecule has 11 heavy (non-hydrogen) atoms. The summed E-state index contributed by atoms with van der Waals surface area (Å²) >= 11 is 4.65. The van der Waals surface area contributed by atoms with Gasteiger partial charge in [-0.2, -0.15) is 0 Å². The number of likely N-dealkylation sites (N-methyl/N-ethyl adjacent to an activating group) is 1. The summed E-state index contributed by atoms with van der Waals surface area (Å²) in [6, 6.07) is 0. The maximum Gasteiger partial charge on any atom is 0.169 e. The minimum Gasteiger partial charge on any atom is -0.328 e. The summed E-state index contributed by atoms with van der Waals surface area (Å²) in [5.41, 5.74) is 0.597. The highest BCUT2D eigenvalue weighted by Gasteiger charge is 2.19. The molecule has 0 aliphatic carbocycles. The SMILES string of the molecule is CN1C=C(C=O)N(C)C1=C=S. The van der Waals surface area contributed by atoms with E-state index in [2.05, 4.69) is 17.2 Å². The molecule has 0 aromatic rings. The van der Waals surface area contributed by atoms with Crippen LogP contribution in [-0.2, 0) is 4.79 Å². The van der Waals surface area contributed by atoms with Crippen LogP contribution in [0.2, 0.25) is 0 Å². The molecule has 0 N–H and O–H groups in total. The first kappa shape index (κ1) is 7.98. The lowest BCUT2D eigenvalue weighted by Gasteiger charge is -2.15. The van der Waals surface area contributed by atoms with Crippen LogP contribution in [0.3, 0.4) is 0 Å². The molecule has 0 aromatic carbocycles. The molecular formula is C7H8N2OS. The summed E-state index contributed by atoms with van der Waals surface area (Å²) in [7, 11) is 3.60. The lowest BCUT2D eigenvalue weighted by molar-refractivity contribution is -0.105. The zero-order chi connectivity index (χ0) is 8.43. The van der Waals surface area contributed by atoms with Gasteiger partial charge < -0.3 is 9.80 Å². The summed E-state index contributed by atoms with van der Waals surface area (Å²) in [6.45, 7) is 0. The van der Waals surface area contributed by atoms with Gasteiger partial charge in [0.15, 0.2) is 12.1 Å². The number of hydrogen-bond acceptors (Lipinski definition) is 4. The largest absolute Gasteiger partial charge is 0.328 e. The Morgan fingerprint density at radius 2 is 2.27 bits per heavy atom. The summed E-state index contributed by atoms with van der Waals surface area (Å²) in [5.74, 6) is 0.724. The van der Waals surface area contributed by atoms with Crippen LogP contribution in [-0.4, -0.2) is 35.2 Å². The third kappa shape index (κ3) is 1.18. The monoisotopic (exact) mass is 168 g/mol. The Kier molecular flexibility index (Phi) is 2.08. The Hall–Kier alpha value is -1.12. The highest BCUT2D eigenvalue weighted by Crippen LogP contribution is 2.18. The van der Waals surface area contributed by atoms with Gasteiger partial charge in [-0.25, -0.2) is 0 Å². The third-order valence-electron chi connectivity index (χ3n) is 1.58. The molecular weight excluding hydrogens is 160 g/mol. The molecule has 0 radical (unpaired) electrons. The lowest BCUT2D eigenvalue weighted by atomic mass is 10.5. The van der Waals surface area contributed by atoms with E-state index in [-0.39, 0.29) is 0 Å².